The topological polar surface area (TPSA) is 20.2 Å². The van der Waals surface area contributed by atoms with E-state index in [0.29, 0.717) is 5.92 Å². The third-order valence-corrected chi connectivity index (χ3v) is 3.38. The second kappa shape index (κ2) is 5.75. The summed E-state index contributed by atoms with van der Waals surface area (Å²) in [5.74, 6) is 0.523. The van der Waals surface area contributed by atoms with Gasteiger partial charge in [-0.25, -0.2) is 0 Å². The van der Waals surface area contributed by atoms with Crippen molar-refractivity contribution in [2.24, 2.45) is 0 Å². The Morgan fingerprint density at radius 3 is 1.79 bits per heavy atom. The Balaban J connectivity index is 2.35. The molecular formula is C18H20O. The van der Waals surface area contributed by atoms with Gasteiger partial charge >= 0.3 is 0 Å². The summed E-state index contributed by atoms with van der Waals surface area (Å²) in [6.45, 7) is 6.42. The molecule has 0 bridgehead atoms. The first-order valence-electron chi connectivity index (χ1n) is 6.63. The number of aliphatic hydroxyl groups excluding tert-OH is 1. The molecule has 0 fully saturated rings. The molecule has 2 rings (SSSR count). The van der Waals surface area contributed by atoms with E-state index in [1.54, 1.807) is 0 Å². The van der Waals surface area contributed by atoms with Gasteiger partial charge in [-0.15, -0.1) is 0 Å². The van der Waals surface area contributed by atoms with Crippen molar-refractivity contribution in [2.75, 3.05) is 0 Å². The Morgan fingerprint density at radius 2 is 1.37 bits per heavy atom. The number of aryl methyl sites for hydroxylation is 1. The Hall–Kier alpha value is -2.02. The van der Waals surface area contributed by atoms with E-state index in [0.717, 1.165) is 16.7 Å². The summed E-state index contributed by atoms with van der Waals surface area (Å²) in [4.78, 5) is 0. The molecule has 0 heterocycles. The maximum absolute atomic E-state index is 9.52. The van der Waals surface area contributed by atoms with Crippen LogP contribution < -0.4 is 0 Å². The van der Waals surface area contributed by atoms with Crippen LogP contribution >= 0.6 is 0 Å². The predicted molar refractivity (Wildman–Crippen MR) is 81.4 cm³/mol. The van der Waals surface area contributed by atoms with Crippen LogP contribution in [0.3, 0.4) is 0 Å². The minimum atomic E-state index is 0.523. The maximum Gasteiger partial charge on any atom is 0.0876 e. The predicted octanol–water partition coefficient (Wildman–Crippen LogP) is 5.07. The molecule has 2 aromatic rings. The normalized spacial score (nSPS) is 11.9. The van der Waals surface area contributed by atoms with E-state index in [4.69, 9.17) is 0 Å². The minimum Gasteiger partial charge on any atom is -0.515 e. The van der Waals surface area contributed by atoms with E-state index >= 15 is 0 Å². The molecule has 0 aromatic heterocycles. The van der Waals surface area contributed by atoms with Crippen molar-refractivity contribution in [3.05, 3.63) is 77.0 Å². The van der Waals surface area contributed by atoms with E-state index in [2.05, 4.69) is 57.2 Å². The van der Waals surface area contributed by atoms with Crippen LogP contribution in [0.5, 0.6) is 0 Å². The van der Waals surface area contributed by atoms with Crippen molar-refractivity contribution in [1.29, 1.82) is 0 Å². The van der Waals surface area contributed by atoms with Crippen molar-refractivity contribution in [3.8, 4) is 0 Å². The first kappa shape index (κ1) is 13.4. The van der Waals surface area contributed by atoms with Crippen molar-refractivity contribution < 1.29 is 5.11 Å². The van der Waals surface area contributed by atoms with Crippen LogP contribution in [0, 0.1) is 6.92 Å². The third kappa shape index (κ3) is 3.05. The molecule has 19 heavy (non-hydrogen) atoms. The Morgan fingerprint density at radius 1 is 0.895 bits per heavy atom. The lowest BCUT2D eigenvalue weighted by molar-refractivity contribution is 0.476. The second-order valence-electron chi connectivity index (χ2n) is 5.19. The molecule has 1 N–H and O–H groups in total. The lowest BCUT2D eigenvalue weighted by Crippen LogP contribution is -1.91. The van der Waals surface area contributed by atoms with Gasteiger partial charge in [0, 0.05) is 5.57 Å². The molecule has 0 saturated heterocycles. The van der Waals surface area contributed by atoms with E-state index in [1.807, 2.05) is 12.1 Å². The van der Waals surface area contributed by atoms with Gasteiger partial charge in [-0.3, -0.25) is 0 Å². The Kier molecular flexibility index (Phi) is 4.06. The van der Waals surface area contributed by atoms with Gasteiger partial charge < -0.3 is 5.11 Å². The highest BCUT2D eigenvalue weighted by molar-refractivity contribution is 5.79. The molecule has 0 unspecified atom stereocenters. The summed E-state index contributed by atoms with van der Waals surface area (Å²) in [5.41, 5.74) is 5.46. The molecule has 0 aliphatic rings. The highest BCUT2D eigenvalue weighted by Gasteiger charge is 2.06. The molecule has 98 valence electrons. The van der Waals surface area contributed by atoms with Crippen LogP contribution in [-0.4, -0.2) is 5.11 Å². The lowest BCUT2D eigenvalue weighted by atomic mass is 9.95. The van der Waals surface area contributed by atoms with E-state index in [-0.39, 0.29) is 0 Å². The highest BCUT2D eigenvalue weighted by atomic mass is 16.2. The quantitative estimate of drug-likeness (QED) is 0.756. The van der Waals surface area contributed by atoms with Gasteiger partial charge in [0.15, 0.2) is 0 Å². The second-order valence-corrected chi connectivity index (χ2v) is 5.19. The van der Waals surface area contributed by atoms with Crippen LogP contribution in [-0.2, 0) is 0 Å². The molecule has 1 nitrogen and oxygen atoms in total. The van der Waals surface area contributed by atoms with Crippen molar-refractivity contribution in [3.63, 3.8) is 0 Å². The van der Waals surface area contributed by atoms with Gasteiger partial charge in [0.2, 0.25) is 0 Å². The fraction of sp³-hybridized carbons (Fsp3) is 0.222. The van der Waals surface area contributed by atoms with Gasteiger partial charge in [0.05, 0.1) is 6.26 Å². The fourth-order valence-electron chi connectivity index (χ4n) is 2.10. The van der Waals surface area contributed by atoms with Gasteiger partial charge in [-0.1, -0.05) is 67.9 Å². The molecule has 0 aliphatic heterocycles. The summed E-state index contributed by atoms with van der Waals surface area (Å²) in [6.07, 6.45) is 1.19. The summed E-state index contributed by atoms with van der Waals surface area (Å²) >= 11 is 0. The van der Waals surface area contributed by atoms with Gasteiger partial charge in [-0.05, 0) is 29.5 Å². The molecule has 0 amide bonds. The van der Waals surface area contributed by atoms with Crippen LogP contribution in [0.25, 0.3) is 5.57 Å². The maximum atomic E-state index is 9.52. The number of hydrogen-bond acceptors (Lipinski definition) is 1. The average molecular weight is 252 g/mol. The van der Waals surface area contributed by atoms with Crippen molar-refractivity contribution in [2.45, 2.75) is 26.7 Å². The van der Waals surface area contributed by atoms with Crippen molar-refractivity contribution in [1.82, 2.24) is 0 Å². The smallest absolute Gasteiger partial charge is 0.0876 e. The zero-order valence-corrected chi connectivity index (χ0v) is 11.7. The van der Waals surface area contributed by atoms with Gasteiger partial charge in [0.1, 0.15) is 0 Å². The molecule has 0 aliphatic carbocycles. The average Bonchev–Trinajstić information content (AvgIpc) is 2.42. The van der Waals surface area contributed by atoms with Gasteiger partial charge in [-0.2, -0.15) is 0 Å². The first-order chi connectivity index (χ1) is 9.11. The zero-order chi connectivity index (χ0) is 13.8. The third-order valence-electron chi connectivity index (χ3n) is 3.38. The van der Waals surface area contributed by atoms with Crippen LogP contribution in [0.15, 0.2) is 54.8 Å². The Labute approximate surface area is 115 Å². The highest BCUT2D eigenvalue weighted by Crippen LogP contribution is 2.25. The SMILES string of the molecule is Cc1ccc(/C(=C\O)c2ccc(C(C)C)cc2)cc1. The van der Waals surface area contributed by atoms with E-state index < -0.39 is 0 Å². The van der Waals surface area contributed by atoms with Crippen LogP contribution in [0.1, 0.15) is 42.0 Å². The molecular weight excluding hydrogens is 232 g/mol. The molecule has 0 radical (unpaired) electrons. The molecule has 2 aromatic carbocycles. The standard InChI is InChI=1S/C18H20O/c1-13(2)15-8-10-17(11-9-15)18(12-19)16-6-4-14(3)5-7-16/h4-13,19H,1-3H3/b18-12+. The van der Waals surface area contributed by atoms with Crippen molar-refractivity contribution >= 4 is 5.57 Å². The molecule has 0 saturated carbocycles. The molecule has 0 atom stereocenters. The molecule has 0 spiro atoms. The zero-order valence-electron chi connectivity index (χ0n) is 11.7. The van der Waals surface area contributed by atoms with Crippen LogP contribution in [0.4, 0.5) is 0 Å². The summed E-state index contributed by atoms with van der Waals surface area (Å²) in [6, 6.07) is 16.6. The van der Waals surface area contributed by atoms with Gasteiger partial charge in [0.25, 0.3) is 0 Å². The summed E-state index contributed by atoms with van der Waals surface area (Å²) < 4.78 is 0. The minimum absolute atomic E-state index is 0.523. The largest absolute Gasteiger partial charge is 0.515 e. The number of hydrogen-bond donors (Lipinski definition) is 1. The number of rotatable bonds is 3. The fourth-order valence-corrected chi connectivity index (χ4v) is 2.10. The van der Waals surface area contributed by atoms with E-state index in [9.17, 15) is 5.11 Å². The summed E-state index contributed by atoms with van der Waals surface area (Å²) in [5, 5.41) is 9.52. The Bertz CT molecular complexity index is 560. The molecule has 1 heteroatoms. The lowest BCUT2D eigenvalue weighted by Gasteiger charge is -2.10. The first-order valence-corrected chi connectivity index (χ1v) is 6.63. The number of aliphatic hydroxyl groups is 1. The number of benzene rings is 2. The summed E-state index contributed by atoms with van der Waals surface area (Å²) in [7, 11) is 0. The van der Waals surface area contributed by atoms with Crippen LogP contribution in [0.2, 0.25) is 0 Å². The monoisotopic (exact) mass is 252 g/mol. The van der Waals surface area contributed by atoms with E-state index in [1.165, 1.54) is 17.4 Å².